The lowest BCUT2D eigenvalue weighted by Gasteiger charge is -2.20. The number of phenolic OH excluding ortho intramolecular Hbond substituents is 1. The topological polar surface area (TPSA) is 32.7 Å². The van der Waals surface area contributed by atoms with E-state index in [1.165, 1.54) is 17.7 Å². The van der Waals surface area contributed by atoms with Crippen LogP contribution in [0.5, 0.6) is 11.5 Å². The molecule has 1 unspecified atom stereocenters. The Morgan fingerprint density at radius 3 is 2.24 bits per heavy atom. The molecule has 4 heteroatoms. The minimum atomic E-state index is -0.222. The average molecular weight is 341 g/mol. The minimum Gasteiger partial charge on any atom is -0.508 e. The summed E-state index contributed by atoms with van der Waals surface area (Å²) >= 11 is 0. The van der Waals surface area contributed by atoms with Crippen LogP contribution in [0, 0.1) is 17.7 Å². The van der Waals surface area contributed by atoms with Crippen LogP contribution in [0.2, 0.25) is 0 Å². The molecule has 1 saturated carbocycles. The fraction of sp³-hybridized carbons (Fsp3) is 0.429. The van der Waals surface area contributed by atoms with Crippen LogP contribution in [-0.2, 0) is 6.42 Å². The first-order chi connectivity index (χ1) is 12.2. The molecule has 0 bridgehead atoms. The maximum atomic E-state index is 13.0. The lowest BCUT2D eigenvalue weighted by molar-refractivity contribution is 0.186. The molecule has 3 nitrogen and oxygen atoms in total. The molecule has 2 fully saturated rings. The summed E-state index contributed by atoms with van der Waals surface area (Å²) in [5.74, 6) is 2.30. The number of hydrogen-bond acceptors (Lipinski definition) is 3. The number of phenols is 1. The number of benzene rings is 2. The van der Waals surface area contributed by atoms with Crippen molar-refractivity contribution in [2.45, 2.75) is 25.4 Å². The molecule has 0 amide bonds. The maximum absolute atomic E-state index is 13.0. The number of rotatable bonds is 5. The smallest absolute Gasteiger partial charge is 0.123 e. The van der Waals surface area contributed by atoms with Gasteiger partial charge in [-0.25, -0.2) is 4.39 Å². The van der Waals surface area contributed by atoms with Crippen LogP contribution in [0.25, 0.3) is 0 Å². The van der Waals surface area contributed by atoms with Crippen LogP contribution in [-0.4, -0.2) is 35.7 Å². The predicted octanol–water partition coefficient (Wildman–Crippen LogP) is 3.86. The van der Waals surface area contributed by atoms with Crippen molar-refractivity contribution in [3.8, 4) is 11.5 Å². The van der Waals surface area contributed by atoms with Crippen LogP contribution in [0.15, 0.2) is 48.5 Å². The van der Waals surface area contributed by atoms with Crippen molar-refractivity contribution in [3.63, 3.8) is 0 Å². The molecule has 1 N–H and O–H groups in total. The summed E-state index contributed by atoms with van der Waals surface area (Å²) in [5, 5.41) is 9.35. The zero-order valence-corrected chi connectivity index (χ0v) is 14.3. The van der Waals surface area contributed by atoms with Crippen molar-refractivity contribution in [2.24, 2.45) is 11.8 Å². The SMILES string of the molecule is Oc1ccc(CCN2C[C@H]3CC(Oc4ccc(F)cc4)C[C@H]3C2)cc1. The second-order valence-corrected chi connectivity index (χ2v) is 7.36. The van der Waals surface area contributed by atoms with Gasteiger partial charge in [0.2, 0.25) is 0 Å². The van der Waals surface area contributed by atoms with E-state index >= 15 is 0 Å². The fourth-order valence-electron chi connectivity index (χ4n) is 4.28. The Morgan fingerprint density at radius 2 is 1.60 bits per heavy atom. The molecular formula is C21H24FNO2. The van der Waals surface area contributed by atoms with Crippen LogP contribution in [0.3, 0.4) is 0 Å². The van der Waals surface area contributed by atoms with E-state index in [2.05, 4.69) is 4.90 Å². The van der Waals surface area contributed by atoms with Gasteiger partial charge in [-0.05, 0) is 73.1 Å². The normalized spacial score (nSPS) is 25.9. The molecule has 2 aromatic rings. The quantitative estimate of drug-likeness (QED) is 0.896. The van der Waals surface area contributed by atoms with E-state index in [9.17, 15) is 9.50 Å². The van der Waals surface area contributed by atoms with Crippen LogP contribution in [0.4, 0.5) is 4.39 Å². The van der Waals surface area contributed by atoms with Crippen LogP contribution in [0.1, 0.15) is 18.4 Å². The minimum absolute atomic E-state index is 0.222. The largest absolute Gasteiger partial charge is 0.508 e. The molecule has 4 rings (SSSR count). The third-order valence-corrected chi connectivity index (χ3v) is 5.55. The first-order valence-electron chi connectivity index (χ1n) is 9.08. The highest BCUT2D eigenvalue weighted by molar-refractivity contribution is 5.26. The lowest BCUT2D eigenvalue weighted by Crippen LogP contribution is -2.26. The summed E-state index contributed by atoms with van der Waals surface area (Å²) in [6.07, 6.45) is 3.48. The number of ether oxygens (including phenoxy) is 1. The van der Waals surface area contributed by atoms with Gasteiger partial charge >= 0.3 is 0 Å². The van der Waals surface area contributed by atoms with Gasteiger partial charge in [-0.3, -0.25) is 0 Å². The van der Waals surface area contributed by atoms with Crippen molar-refractivity contribution in [1.82, 2.24) is 4.90 Å². The van der Waals surface area contributed by atoms with Crippen molar-refractivity contribution < 1.29 is 14.2 Å². The van der Waals surface area contributed by atoms with Gasteiger partial charge in [0, 0.05) is 19.6 Å². The summed E-state index contributed by atoms with van der Waals surface area (Å²) in [4.78, 5) is 2.55. The number of halogens is 1. The van der Waals surface area contributed by atoms with Gasteiger partial charge in [-0.2, -0.15) is 0 Å². The molecule has 0 spiro atoms. The maximum Gasteiger partial charge on any atom is 0.123 e. The highest BCUT2D eigenvalue weighted by Crippen LogP contribution is 2.39. The van der Waals surface area contributed by atoms with Gasteiger partial charge in [-0.15, -0.1) is 0 Å². The Morgan fingerprint density at radius 1 is 0.960 bits per heavy atom. The number of aromatic hydroxyl groups is 1. The average Bonchev–Trinajstić information content (AvgIpc) is 3.14. The van der Waals surface area contributed by atoms with Crippen molar-refractivity contribution >= 4 is 0 Å². The summed E-state index contributed by atoms with van der Waals surface area (Å²) < 4.78 is 19.0. The molecule has 2 aromatic carbocycles. The summed E-state index contributed by atoms with van der Waals surface area (Å²) in [7, 11) is 0. The first-order valence-corrected chi connectivity index (χ1v) is 9.08. The second kappa shape index (κ2) is 7.04. The van der Waals surface area contributed by atoms with Gasteiger partial charge < -0.3 is 14.7 Å². The van der Waals surface area contributed by atoms with E-state index in [0.717, 1.165) is 44.6 Å². The second-order valence-electron chi connectivity index (χ2n) is 7.36. The summed E-state index contributed by atoms with van der Waals surface area (Å²) in [6.45, 7) is 3.36. The molecule has 0 aromatic heterocycles. The zero-order valence-electron chi connectivity index (χ0n) is 14.3. The lowest BCUT2D eigenvalue weighted by atomic mass is 10.0. The molecule has 1 heterocycles. The molecule has 0 radical (unpaired) electrons. The molecule has 25 heavy (non-hydrogen) atoms. The van der Waals surface area contributed by atoms with E-state index in [1.54, 1.807) is 24.3 Å². The fourth-order valence-corrected chi connectivity index (χ4v) is 4.28. The Bertz CT molecular complexity index is 687. The summed E-state index contributed by atoms with van der Waals surface area (Å²) in [6, 6.07) is 13.8. The standard InChI is InChI=1S/C21H24FNO2/c22-18-3-7-20(8-4-18)25-21-11-16-13-23(14-17(16)12-21)10-9-15-1-5-19(24)6-2-15/h1-8,16-17,21,24H,9-14H2/t16-,17+,21?. The molecule has 132 valence electrons. The number of nitrogens with zero attached hydrogens (tertiary/aromatic N) is 1. The van der Waals surface area contributed by atoms with Crippen LogP contribution >= 0.6 is 0 Å². The molecule has 1 saturated heterocycles. The van der Waals surface area contributed by atoms with Crippen molar-refractivity contribution in [1.29, 1.82) is 0 Å². The predicted molar refractivity (Wildman–Crippen MR) is 95.3 cm³/mol. The molecule has 1 aliphatic heterocycles. The Labute approximate surface area is 148 Å². The van der Waals surface area contributed by atoms with Gasteiger partial charge in [0.25, 0.3) is 0 Å². The highest BCUT2D eigenvalue weighted by Gasteiger charge is 2.41. The third kappa shape index (κ3) is 3.96. The zero-order chi connectivity index (χ0) is 17.2. The number of likely N-dealkylation sites (tertiary alicyclic amines) is 1. The van der Waals surface area contributed by atoms with E-state index in [-0.39, 0.29) is 11.9 Å². The van der Waals surface area contributed by atoms with E-state index in [0.29, 0.717) is 17.6 Å². The number of hydrogen-bond donors (Lipinski definition) is 1. The Balaban J connectivity index is 1.24. The summed E-state index contributed by atoms with van der Waals surface area (Å²) in [5.41, 5.74) is 1.27. The molecule has 2 aliphatic rings. The first kappa shape index (κ1) is 16.4. The molecule has 3 atom stereocenters. The van der Waals surface area contributed by atoms with Gasteiger partial charge in [0.05, 0.1) is 6.10 Å². The third-order valence-electron chi connectivity index (χ3n) is 5.55. The number of fused-ring (bicyclic) bond motifs is 1. The molecular weight excluding hydrogens is 317 g/mol. The van der Waals surface area contributed by atoms with E-state index in [1.807, 2.05) is 12.1 Å². The van der Waals surface area contributed by atoms with Crippen molar-refractivity contribution in [3.05, 3.63) is 59.9 Å². The van der Waals surface area contributed by atoms with Gasteiger partial charge in [0.15, 0.2) is 0 Å². The Hall–Kier alpha value is -2.07. The van der Waals surface area contributed by atoms with Gasteiger partial charge in [0.1, 0.15) is 17.3 Å². The van der Waals surface area contributed by atoms with E-state index < -0.39 is 0 Å². The Kier molecular flexibility index (Phi) is 4.62. The monoisotopic (exact) mass is 341 g/mol. The van der Waals surface area contributed by atoms with Crippen molar-refractivity contribution in [2.75, 3.05) is 19.6 Å². The van der Waals surface area contributed by atoms with Crippen LogP contribution < -0.4 is 4.74 Å². The molecule has 1 aliphatic carbocycles. The van der Waals surface area contributed by atoms with Gasteiger partial charge in [-0.1, -0.05) is 12.1 Å². The highest BCUT2D eigenvalue weighted by atomic mass is 19.1. The van der Waals surface area contributed by atoms with E-state index in [4.69, 9.17) is 4.74 Å².